The lowest BCUT2D eigenvalue weighted by Crippen LogP contribution is -2.43. The molecule has 0 aromatic heterocycles. The van der Waals surface area contributed by atoms with Gasteiger partial charge >= 0.3 is 0 Å². The number of carbonyl (C=O) groups excluding carboxylic acids is 1. The molecule has 0 rings (SSSR count). The van der Waals surface area contributed by atoms with Crippen molar-refractivity contribution in [2.24, 2.45) is 5.41 Å². The van der Waals surface area contributed by atoms with E-state index in [9.17, 15) is 4.79 Å². The number of hydrogen-bond donors (Lipinski definition) is 0. The first-order chi connectivity index (χ1) is 8.43. The molecule has 19 heavy (non-hydrogen) atoms. The van der Waals surface area contributed by atoms with Crippen molar-refractivity contribution in [2.45, 2.75) is 72.5 Å². The molecule has 0 N–H and O–H groups in total. The third-order valence-corrected chi connectivity index (χ3v) is 8.60. The van der Waals surface area contributed by atoms with Crippen molar-refractivity contribution in [3.63, 3.8) is 0 Å². The van der Waals surface area contributed by atoms with Gasteiger partial charge in [-0.15, -0.1) is 0 Å². The first-order valence-corrected chi connectivity index (χ1v) is 10.1. The van der Waals surface area contributed by atoms with Crippen LogP contribution in [0.15, 0.2) is 11.6 Å². The second-order valence-corrected chi connectivity index (χ2v) is 12.5. The van der Waals surface area contributed by atoms with E-state index in [4.69, 9.17) is 4.43 Å². The summed E-state index contributed by atoms with van der Waals surface area (Å²) in [5, 5.41) is 0.191. The zero-order valence-corrected chi connectivity index (χ0v) is 15.1. The Morgan fingerprint density at radius 2 is 1.68 bits per heavy atom. The maximum absolute atomic E-state index is 11.4. The minimum atomic E-state index is -1.77. The Morgan fingerprint density at radius 3 is 2.05 bits per heavy atom. The molecule has 0 bridgehead atoms. The maximum atomic E-state index is 11.4. The highest BCUT2D eigenvalue weighted by molar-refractivity contribution is 6.74. The van der Waals surface area contributed by atoms with E-state index in [1.807, 2.05) is 6.92 Å². The average Bonchev–Trinajstić information content (AvgIpc) is 2.24. The number of allylic oxidation sites excluding steroid dienone is 2. The predicted octanol–water partition coefficient (Wildman–Crippen LogP) is 4.96. The van der Waals surface area contributed by atoms with E-state index in [0.29, 0.717) is 6.61 Å². The average molecular weight is 285 g/mol. The van der Waals surface area contributed by atoms with Crippen LogP contribution >= 0.6 is 0 Å². The summed E-state index contributed by atoms with van der Waals surface area (Å²) in [6.07, 6.45) is 5.06. The van der Waals surface area contributed by atoms with Gasteiger partial charge in [-0.25, -0.2) is 0 Å². The molecule has 0 aliphatic carbocycles. The van der Waals surface area contributed by atoms with Crippen molar-refractivity contribution in [1.29, 1.82) is 0 Å². The van der Waals surface area contributed by atoms with Crippen LogP contribution in [0.25, 0.3) is 0 Å². The third kappa shape index (κ3) is 6.53. The molecule has 3 heteroatoms. The smallest absolute Gasteiger partial charge is 0.192 e. The second kappa shape index (κ2) is 6.85. The molecule has 0 spiro atoms. The van der Waals surface area contributed by atoms with Gasteiger partial charge in [0, 0.05) is 12.0 Å². The van der Waals surface area contributed by atoms with Crippen molar-refractivity contribution in [2.75, 3.05) is 6.61 Å². The Labute approximate surface area is 120 Å². The molecule has 112 valence electrons. The molecule has 0 aromatic rings. The largest absolute Gasteiger partial charge is 0.416 e. The topological polar surface area (TPSA) is 26.3 Å². The van der Waals surface area contributed by atoms with Crippen molar-refractivity contribution in [3.8, 4) is 0 Å². The van der Waals surface area contributed by atoms with Gasteiger partial charge in [-0.1, -0.05) is 39.3 Å². The Balaban J connectivity index is 4.56. The molecule has 0 radical (unpaired) electrons. The van der Waals surface area contributed by atoms with Crippen LogP contribution in [0.1, 0.15) is 54.4 Å². The van der Waals surface area contributed by atoms with E-state index in [1.54, 1.807) is 0 Å². The highest BCUT2D eigenvalue weighted by Gasteiger charge is 2.39. The van der Waals surface area contributed by atoms with Gasteiger partial charge in [-0.3, -0.25) is 0 Å². The highest BCUT2D eigenvalue weighted by atomic mass is 28.4. The van der Waals surface area contributed by atoms with Gasteiger partial charge in [-0.2, -0.15) is 0 Å². The quantitative estimate of drug-likeness (QED) is 0.375. The van der Waals surface area contributed by atoms with E-state index >= 15 is 0 Å². The summed E-state index contributed by atoms with van der Waals surface area (Å²) in [5.41, 5.74) is 0.945. The molecule has 0 aromatic carbocycles. The van der Waals surface area contributed by atoms with Crippen LogP contribution in [0.5, 0.6) is 0 Å². The third-order valence-electron chi connectivity index (χ3n) is 4.12. The molecule has 0 saturated heterocycles. The fourth-order valence-corrected chi connectivity index (χ4v) is 2.54. The van der Waals surface area contributed by atoms with E-state index in [-0.39, 0.29) is 10.5 Å². The van der Waals surface area contributed by atoms with Gasteiger partial charge < -0.3 is 9.22 Å². The Kier molecular flexibility index (Phi) is 6.70. The summed E-state index contributed by atoms with van der Waals surface area (Å²) >= 11 is 0. The normalized spacial score (nSPS) is 15.8. The zero-order chi connectivity index (χ0) is 15.3. The molecular formula is C16H32O2Si. The Morgan fingerprint density at radius 1 is 1.16 bits per heavy atom. The highest BCUT2D eigenvalue weighted by Crippen LogP contribution is 2.38. The zero-order valence-electron chi connectivity index (χ0n) is 14.1. The summed E-state index contributed by atoms with van der Waals surface area (Å²) < 4.78 is 6.19. The summed E-state index contributed by atoms with van der Waals surface area (Å²) in [6.45, 7) is 17.9. The number of rotatable bonds is 7. The number of carbonyl (C=O) groups is 1. The minimum Gasteiger partial charge on any atom is -0.416 e. The molecule has 2 nitrogen and oxygen atoms in total. The van der Waals surface area contributed by atoms with Crippen LogP contribution in [0.3, 0.4) is 0 Å². The molecule has 1 atom stereocenters. The predicted molar refractivity (Wildman–Crippen MR) is 86.0 cm³/mol. The van der Waals surface area contributed by atoms with Crippen LogP contribution in [0, 0.1) is 5.41 Å². The van der Waals surface area contributed by atoms with E-state index < -0.39 is 8.32 Å². The van der Waals surface area contributed by atoms with Crippen LogP contribution < -0.4 is 0 Å². The van der Waals surface area contributed by atoms with Crippen molar-refractivity contribution in [1.82, 2.24) is 0 Å². The lowest BCUT2D eigenvalue weighted by molar-refractivity contribution is -0.117. The van der Waals surface area contributed by atoms with E-state index in [0.717, 1.165) is 19.1 Å². The number of hydrogen-bond acceptors (Lipinski definition) is 2. The minimum absolute atomic E-state index is 0.191. The summed E-state index contributed by atoms with van der Waals surface area (Å²) in [4.78, 5) is 11.4. The van der Waals surface area contributed by atoms with Crippen molar-refractivity contribution < 1.29 is 9.22 Å². The van der Waals surface area contributed by atoms with E-state index in [1.165, 1.54) is 5.57 Å². The Bertz CT molecular complexity index is 322. The summed E-state index contributed by atoms with van der Waals surface area (Å²) in [7, 11) is -1.77. The molecule has 0 unspecified atom stereocenters. The summed E-state index contributed by atoms with van der Waals surface area (Å²) in [6, 6.07) is 0. The van der Waals surface area contributed by atoms with Gasteiger partial charge in [0.25, 0.3) is 0 Å². The summed E-state index contributed by atoms with van der Waals surface area (Å²) in [5.74, 6) is 0. The second-order valence-electron chi connectivity index (χ2n) is 7.64. The molecule has 0 heterocycles. The van der Waals surface area contributed by atoms with Crippen LogP contribution in [-0.4, -0.2) is 21.2 Å². The molecule has 0 aliphatic heterocycles. The number of aldehydes is 1. The van der Waals surface area contributed by atoms with E-state index in [2.05, 4.69) is 53.8 Å². The molecule has 0 saturated carbocycles. The first-order valence-electron chi connectivity index (χ1n) is 7.17. The maximum Gasteiger partial charge on any atom is 0.192 e. The first kappa shape index (κ1) is 18.6. The fourth-order valence-electron chi connectivity index (χ4n) is 1.42. The molecular weight excluding hydrogens is 252 g/mol. The van der Waals surface area contributed by atoms with Crippen molar-refractivity contribution >= 4 is 14.6 Å². The lowest BCUT2D eigenvalue weighted by atomic mass is 9.88. The molecule has 0 fully saturated rings. The molecule has 0 amide bonds. The molecule has 0 aliphatic rings. The van der Waals surface area contributed by atoms with Gasteiger partial charge in [0.05, 0.1) is 0 Å². The fraction of sp³-hybridized carbons (Fsp3) is 0.812. The monoisotopic (exact) mass is 284 g/mol. The Hall–Kier alpha value is -0.413. The van der Waals surface area contributed by atoms with Crippen LogP contribution in [-0.2, 0) is 9.22 Å². The lowest BCUT2D eigenvalue weighted by Gasteiger charge is -2.38. The SMILES string of the molecule is CC(C)=CCC[C@](C)(C=O)CO[Si](C)(C)C(C)(C)C. The van der Waals surface area contributed by atoms with Gasteiger partial charge in [-0.05, 0) is 44.8 Å². The van der Waals surface area contributed by atoms with Crippen molar-refractivity contribution in [3.05, 3.63) is 11.6 Å². The van der Waals surface area contributed by atoms with Gasteiger partial charge in [0.1, 0.15) is 6.29 Å². The van der Waals surface area contributed by atoms with Gasteiger partial charge in [0.2, 0.25) is 0 Å². The van der Waals surface area contributed by atoms with Crippen LogP contribution in [0.2, 0.25) is 18.1 Å². The standard InChI is InChI=1S/C16H32O2Si/c1-14(2)10-9-11-16(6,12-17)13-18-19(7,8)15(3,4)5/h10,12H,9,11,13H2,1-8H3/t16-/m1/s1. The van der Waals surface area contributed by atoms with Crippen LogP contribution in [0.4, 0.5) is 0 Å². The van der Waals surface area contributed by atoms with Gasteiger partial charge in [0.15, 0.2) is 8.32 Å².